The quantitative estimate of drug-likeness (QED) is 0.652. The Bertz CT molecular complexity index is 881. The van der Waals surface area contributed by atoms with Crippen LogP contribution >= 0.6 is 0 Å². The van der Waals surface area contributed by atoms with E-state index in [1.54, 1.807) is 12.1 Å². The number of hydrogen-bond donors (Lipinski definition) is 1. The summed E-state index contributed by atoms with van der Waals surface area (Å²) >= 11 is 0. The van der Waals surface area contributed by atoms with Gasteiger partial charge in [0.1, 0.15) is 18.2 Å². The highest BCUT2D eigenvalue weighted by atomic mass is 19.1. The number of carbonyl (C=O) groups is 1. The highest BCUT2D eigenvalue weighted by Gasteiger charge is 2.29. The van der Waals surface area contributed by atoms with Crippen molar-refractivity contribution < 1.29 is 13.9 Å². The van der Waals surface area contributed by atoms with Crippen molar-refractivity contribution >= 4 is 11.6 Å². The zero-order valence-electron chi connectivity index (χ0n) is 18.3. The maximum absolute atomic E-state index is 13.4. The lowest BCUT2D eigenvalue weighted by atomic mass is 10.0. The number of hydrogen-bond acceptors (Lipinski definition) is 4. The van der Waals surface area contributed by atoms with Crippen LogP contribution in [0.5, 0.6) is 5.75 Å². The summed E-state index contributed by atoms with van der Waals surface area (Å²) in [5.74, 6) is 0.644. The van der Waals surface area contributed by atoms with E-state index in [-0.39, 0.29) is 17.8 Å². The largest absolute Gasteiger partial charge is 0.489 e. The SMILES string of the molecule is Cc1ccc2c(c1)OCC(CC(=O)NCCCN1CCCC1)N2Cc1ccc(F)cc1. The normalized spacial score (nSPS) is 18.5. The van der Waals surface area contributed by atoms with E-state index in [1.165, 1.54) is 38.1 Å². The third-order valence-electron chi connectivity index (χ3n) is 6.16. The number of anilines is 1. The summed E-state index contributed by atoms with van der Waals surface area (Å²) in [5, 5.41) is 3.08. The Labute approximate surface area is 184 Å². The molecule has 2 heterocycles. The van der Waals surface area contributed by atoms with Crippen molar-refractivity contribution in [1.29, 1.82) is 0 Å². The average Bonchev–Trinajstić information content (AvgIpc) is 3.28. The van der Waals surface area contributed by atoms with Crippen molar-refractivity contribution in [2.24, 2.45) is 0 Å². The van der Waals surface area contributed by atoms with Crippen LogP contribution in [0.3, 0.4) is 0 Å². The molecule has 4 rings (SSSR count). The molecule has 2 aromatic carbocycles. The van der Waals surface area contributed by atoms with E-state index in [2.05, 4.69) is 21.2 Å². The number of ether oxygens (including phenoxy) is 1. The molecule has 0 aromatic heterocycles. The number of halogens is 1. The summed E-state index contributed by atoms with van der Waals surface area (Å²) in [6, 6.07) is 12.6. The predicted molar refractivity (Wildman–Crippen MR) is 121 cm³/mol. The molecule has 1 N–H and O–H groups in total. The number of likely N-dealkylation sites (tertiary alicyclic amines) is 1. The molecule has 0 spiro atoms. The molecule has 0 saturated carbocycles. The Kier molecular flexibility index (Phi) is 7.07. The van der Waals surface area contributed by atoms with Gasteiger partial charge in [-0.05, 0) is 81.2 Å². The summed E-state index contributed by atoms with van der Waals surface area (Å²) in [5.41, 5.74) is 3.12. The Balaban J connectivity index is 1.39. The monoisotopic (exact) mass is 425 g/mol. The van der Waals surface area contributed by atoms with Gasteiger partial charge in [0, 0.05) is 13.1 Å². The minimum absolute atomic E-state index is 0.0506. The Morgan fingerprint density at radius 3 is 2.71 bits per heavy atom. The van der Waals surface area contributed by atoms with E-state index in [0.717, 1.165) is 35.5 Å². The molecule has 5 nitrogen and oxygen atoms in total. The number of aryl methyl sites for hydroxylation is 1. The molecule has 0 aliphatic carbocycles. The standard InChI is InChI=1S/C25H32FN3O2/c1-19-5-10-23-24(15-19)31-18-22(29(23)17-20-6-8-21(26)9-7-20)16-25(30)27-11-4-14-28-12-2-3-13-28/h5-10,15,22H,2-4,11-14,16-18H2,1H3,(H,27,30). The van der Waals surface area contributed by atoms with Gasteiger partial charge in [-0.1, -0.05) is 18.2 Å². The number of fused-ring (bicyclic) bond motifs is 1. The van der Waals surface area contributed by atoms with E-state index in [9.17, 15) is 9.18 Å². The van der Waals surface area contributed by atoms with Gasteiger partial charge in [0.2, 0.25) is 5.91 Å². The van der Waals surface area contributed by atoms with Gasteiger partial charge in [0.25, 0.3) is 0 Å². The second-order valence-corrected chi connectivity index (χ2v) is 8.65. The number of benzene rings is 2. The fourth-order valence-corrected chi connectivity index (χ4v) is 4.44. The van der Waals surface area contributed by atoms with Crippen LogP contribution in [-0.2, 0) is 11.3 Å². The number of nitrogens with zero attached hydrogens (tertiary/aromatic N) is 2. The van der Waals surface area contributed by atoms with Crippen LogP contribution in [0.4, 0.5) is 10.1 Å². The molecule has 166 valence electrons. The third-order valence-corrected chi connectivity index (χ3v) is 6.16. The van der Waals surface area contributed by atoms with Gasteiger partial charge in [-0.15, -0.1) is 0 Å². The summed E-state index contributed by atoms with van der Waals surface area (Å²) in [7, 11) is 0. The first-order chi connectivity index (χ1) is 15.1. The summed E-state index contributed by atoms with van der Waals surface area (Å²) in [6.07, 6.45) is 3.93. The van der Waals surface area contributed by atoms with Crippen LogP contribution in [0.25, 0.3) is 0 Å². The molecule has 0 bridgehead atoms. The van der Waals surface area contributed by atoms with Crippen LogP contribution in [-0.4, -0.2) is 49.6 Å². The third kappa shape index (κ3) is 5.76. The number of rotatable bonds is 8. The van der Waals surface area contributed by atoms with Crippen molar-refractivity contribution in [2.45, 2.75) is 45.2 Å². The maximum Gasteiger partial charge on any atom is 0.222 e. The van der Waals surface area contributed by atoms with Gasteiger partial charge in [0.05, 0.1) is 18.2 Å². The minimum atomic E-state index is -0.244. The summed E-state index contributed by atoms with van der Waals surface area (Å²) in [6.45, 7) is 7.23. The molecule has 2 aliphatic heterocycles. The van der Waals surface area contributed by atoms with Crippen LogP contribution < -0.4 is 15.0 Å². The first kappa shape index (κ1) is 21.6. The van der Waals surface area contributed by atoms with E-state index in [4.69, 9.17) is 4.74 Å². The molecule has 1 saturated heterocycles. The Morgan fingerprint density at radius 1 is 1.16 bits per heavy atom. The molecular weight excluding hydrogens is 393 g/mol. The van der Waals surface area contributed by atoms with Crippen molar-refractivity contribution in [2.75, 3.05) is 37.7 Å². The fourth-order valence-electron chi connectivity index (χ4n) is 4.44. The van der Waals surface area contributed by atoms with Gasteiger partial charge in [-0.25, -0.2) is 4.39 Å². The summed E-state index contributed by atoms with van der Waals surface area (Å²) < 4.78 is 19.4. The van der Waals surface area contributed by atoms with E-state index in [0.29, 0.717) is 26.1 Å². The molecule has 2 aromatic rings. The minimum Gasteiger partial charge on any atom is -0.489 e. The van der Waals surface area contributed by atoms with Gasteiger partial charge in [-0.3, -0.25) is 4.79 Å². The Hall–Kier alpha value is -2.60. The lowest BCUT2D eigenvalue weighted by Gasteiger charge is -2.38. The molecule has 31 heavy (non-hydrogen) atoms. The van der Waals surface area contributed by atoms with Gasteiger partial charge in [-0.2, -0.15) is 0 Å². The second kappa shape index (κ2) is 10.1. The van der Waals surface area contributed by atoms with E-state index < -0.39 is 0 Å². The van der Waals surface area contributed by atoms with Gasteiger partial charge < -0.3 is 19.9 Å². The summed E-state index contributed by atoms with van der Waals surface area (Å²) in [4.78, 5) is 17.3. The maximum atomic E-state index is 13.4. The zero-order valence-corrected chi connectivity index (χ0v) is 18.3. The van der Waals surface area contributed by atoms with Crippen molar-refractivity contribution in [1.82, 2.24) is 10.2 Å². The van der Waals surface area contributed by atoms with Crippen LogP contribution in [0, 0.1) is 12.7 Å². The highest BCUT2D eigenvalue weighted by Crippen LogP contribution is 2.36. The van der Waals surface area contributed by atoms with Crippen molar-refractivity contribution in [3.8, 4) is 5.75 Å². The highest BCUT2D eigenvalue weighted by molar-refractivity contribution is 5.77. The van der Waals surface area contributed by atoms with Gasteiger partial charge >= 0.3 is 0 Å². The smallest absolute Gasteiger partial charge is 0.222 e. The lowest BCUT2D eigenvalue weighted by Crippen LogP contribution is -2.45. The van der Waals surface area contributed by atoms with Crippen molar-refractivity contribution in [3.63, 3.8) is 0 Å². The van der Waals surface area contributed by atoms with Crippen LogP contribution in [0.2, 0.25) is 0 Å². The van der Waals surface area contributed by atoms with Crippen LogP contribution in [0.15, 0.2) is 42.5 Å². The molecule has 1 unspecified atom stereocenters. The number of nitrogens with one attached hydrogen (secondary N) is 1. The molecular formula is C25H32FN3O2. The Morgan fingerprint density at radius 2 is 1.94 bits per heavy atom. The first-order valence-corrected chi connectivity index (χ1v) is 11.3. The van der Waals surface area contributed by atoms with E-state index >= 15 is 0 Å². The molecule has 1 amide bonds. The zero-order chi connectivity index (χ0) is 21.6. The average molecular weight is 426 g/mol. The molecule has 6 heteroatoms. The van der Waals surface area contributed by atoms with Gasteiger partial charge in [0.15, 0.2) is 0 Å². The molecule has 1 fully saturated rings. The van der Waals surface area contributed by atoms with E-state index in [1.807, 2.05) is 19.1 Å². The number of carbonyl (C=O) groups excluding carboxylic acids is 1. The second-order valence-electron chi connectivity index (χ2n) is 8.65. The fraction of sp³-hybridized carbons (Fsp3) is 0.480. The topological polar surface area (TPSA) is 44.8 Å². The molecule has 2 aliphatic rings. The molecule has 1 atom stereocenters. The molecule has 0 radical (unpaired) electrons. The van der Waals surface area contributed by atoms with Crippen molar-refractivity contribution in [3.05, 3.63) is 59.4 Å². The van der Waals surface area contributed by atoms with Crippen LogP contribution in [0.1, 0.15) is 36.8 Å². The first-order valence-electron chi connectivity index (χ1n) is 11.3. The predicted octanol–water partition coefficient (Wildman–Crippen LogP) is 3.89. The lowest BCUT2D eigenvalue weighted by molar-refractivity contribution is -0.121. The number of amides is 1.